The molecule has 1 N–H and O–H groups in total. The number of nitrogens with one attached hydrogen (secondary N) is 1. The van der Waals surface area contributed by atoms with E-state index in [1.54, 1.807) is 0 Å². The first-order chi connectivity index (χ1) is 14.2. The lowest BCUT2D eigenvalue weighted by Gasteiger charge is -2.39. The second-order valence-corrected chi connectivity index (χ2v) is 9.58. The number of para-hydroxylation sites is 1. The summed E-state index contributed by atoms with van der Waals surface area (Å²) in [6, 6.07) is 15.9. The van der Waals surface area contributed by atoms with Gasteiger partial charge in [-0.3, -0.25) is 0 Å². The van der Waals surface area contributed by atoms with Crippen molar-refractivity contribution >= 4 is 52.8 Å². The van der Waals surface area contributed by atoms with Crippen LogP contribution in [-0.4, -0.2) is 42.1 Å². The van der Waals surface area contributed by atoms with Crippen LogP contribution in [0.25, 0.3) is 0 Å². The zero-order valence-electron chi connectivity index (χ0n) is 17.9. The van der Waals surface area contributed by atoms with Crippen molar-refractivity contribution in [2.24, 2.45) is 0 Å². The highest BCUT2D eigenvalue weighted by Gasteiger charge is 2.29. The molecule has 2 heterocycles. The van der Waals surface area contributed by atoms with Crippen LogP contribution in [0.15, 0.2) is 52.3 Å². The molecule has 1 fully saturated rings. The Morgan fingerprint density at radius 2 is 1.83 bits per heavy atom. The standard InChI is InChI=1S/C24H31N3S2.ClH/c1-3-4-13-25-24(28)19-11-12-23-21(16-19)27(18(2)17-26-14-7-8-15-26)20-9-5-6-10-22(20)29-23;/h5-6,9-12,16,18H,3-4,7-8,13-15,17H2,1-2H3,(H,25,28);1H. The number of hydrogen-bond donors (Lipinski definition) is 1. The predicted octanol–water partition coefficient (Wildman–Crippen LogP) is 6.26. The monoisotopic (exact) mass is 461 g/mol. The number of fused-ring (bicyclic) bond motifs is 2. The van der Waals surface area contributed by atoms with Gasteiger partial charge in [0.05, 0.1) is 11.4 Å². The molecular formula is C24H32ClN3S2. The maximum absolute atomic E-state index is 5.69. The molecule has 30 heavy (non-hydrogen) atoms. The lowest BCUT2D eigenvalue weighted by Crippen LogP contribution is -2.40. The Hall–Kier alpha value is -1.27. The van der Waals surface area contributed by atoms with Crippen molar-refractivity contribution in [3.05, 3.63) is 48.0 Å². The van der Waals surface area contributed by atoms with Crippen LogP contribution in [0.5, 0.6) is 0 Å². The van der Waals surface area contributed by atoms with E-state index >= 15 is 0 Å². The molecule has 2 aliphatic heterocycles. The van der Waals surface area contributed by atoms with Crippen LogP contribution in [0.4, 0.5) is 11.4 Å². The Morgan fingerprint density at radius 3 is 2.60 bits per heavy atom. The Morgan fingerprint density at radius 1 is 1.10 bits per heavy atom. The van der Waals surface area contributed by atoms with E-state index < -0.39 is 0 Å². The van der Waals surface area contributed by atoms with E-state index in [1.807, 2.05) is 11.8 Å². The molecule has 162 valence electrons. The summed E-state index contributed by atoms with van der Waals surface area (Å²) < 4.78 is 0. The van der Waals surface area contributed by atoms with Crippen LogP contribution in [0.2, 0.25) is 0 Å². The third-order valence-electron chi connectivity index (χ3n) is 5.80. The summed E-state index contributed by atoms with van der Waals surface area (Å²) in [5, 5.41) is 3.43. The Kier molecular flexibility index (Phi) is 8.46. The van der Waals surface area contributed by atoms with Gasteiger partial charge in [0.2, 0.25) is 0 Å². The summed E-state index contributed by atoms with van der Waals surface area (Å²) >= 11 is 7.56. The first-order valence-electron chi connectivity index (χ1n) is 10.9. The van der Waals surface area contributed by atoms with Gasteiger partial charge in [-0.05, 0) is 63.5 Å². The smallest absolute Gasteiger partial charge is 0.106 e. The van der Waals surface area contributed by atoms with E-state index in [0.29, 0.717) is 6.04 Å². The topological polar surface area (TPSA) is 18.5 Å². The van der Waals surface area contributed by atoms with Crippen molar-refractivity contribution in [2.45, 2.75) is 55.4 Å². The minimum atomic E-state index is 0. The van der Waals surface area contributed by atoms with E-state index in [0.717, 1.165) is 30.1 Å². The lowest BCUT2D eigenvalue weighted by atomic mass is 10.1. The van der Waals surface area contributed by atoms with Crippen molar-refractivity contribution < 1.29 is 0 Å². The van der Waals surface area contributed by atoms with Gasteiger partial charge in [-0.15, -0.1) is 12.4 Å². The van der Waals surface area contributed by atoms with Gasteiger partial charge in [0.15, 0.2) is 0 Å². The van der Waals surface area contributed by atoms with Gasteiger partial charge in [0.1, 0.15) is 4.99 Å². The van der Waals surface area contributed by atoms with E-state index in [2.05, 4.69) is 71.4 Å². The number of rotatable bonds is 7. The number of likely N-dealkylation sites (tertiary alicyclic amines) is 1. The highest BCUT2D eigenvalue weighted by Crippen LogP contribution is 2.49. The van der Waals surface area contributed by atoms with Crippen molar-refractivity contribution in [3.63, 3.8) is 0 Å². The number of benzene rings is 2. The fourth-order valence-electron chi connectivity index (χ4n) is 4.30. The van der Waals surface area contributed by atoms with Gasteiger partial charge < -0.3 is 15.1 Å². The quantitative estimate of drug-likeness (QED) is 0.386. The molecule has 0 saturated carbocycles. The summed E-state index contributed by atoms with van der Waals surface area (Å²) in [5.41, 5.74) is 3.73. The number of halogens is 1. The highest BCUT2D eigenvalue weighted by atomic mass is 35.5. The van der Waals surface area contributed by atoms with Gasteiger partial charge >= 0.3 is 0 Å². The molecule has 3 nitrogen and oxygen atoms in total. The molecule has 2 aromatic carbocycles. The van der Waals surface area contributed by atoms with E-state index in [-0.39, 0.29) is 12.4 Å². The molecule has 0 spiro atoms. The van der Waals surface area contributed by atoms with Crippen LogP contribution >= 0.6 is 36.4 Å². The number of thiocarbonyl (C=S) groups is 1. The number of nitrogens with zero attached hydrogens (tertiary/aromatic N) is 2. The molecule has 0 aliphatic carbocycles. The Balaban J connectivity index is 0.00000256. The maximum atomic E-state index is 5.69. The second-order valence-electron chi connectivity index (χ2n) is 8.09. The Labute approximate surface area is 197 Å². The zero-order chi connectivity index (χ0) is 20.2. The molecule has 0 aromatic heterocycles. The van der Waals surface area contributed by atoms with Crippen molar-refractivity contribution in [2.75, 3.05) is 31.1 Å². The molecule has 1 saturated heterocycles. The van der Waals surface area contributed by atoms with Gasteiger partial charge in [-0.2, -0.15) is 0 Å². The summed E-state index contributed by atoms with van der Waals surface area (Å²) in [7, 11) is 0. The van der Waals surface area contributed by atoms with Crippen LogP contribution in [0, 0.1) is 0 Å². The molecule has 0 radical (unpaired) electrons. The summed E-state index contributed by atoms with van der Waals surface area (Å²) in [5.74, 6) is 0. The first kappa shape index (κ1) is 23.4. The Bertz CT molecular complexity index is 867. The van der Waals surface area contributed by atoms with E-state index in [1.165, 1.54) is 53.5 Å². The van der Waals surface area contributed by atoms with Crippen molar-refractivity contribution in [1.29, 1.82) is 0 Å². The van der Waals surface area contributed by atoms with Gasteiger partial charge in [0.25, 0.3) is 0 Å². The third-order valence-corrected chi connectivity index (χ3v) is 7.31. The van der Waals surface area contributed by atoms with Crippen LogP contribution in [0.3, 0.4) is 0 Å². The molecule has 2 aliphatic rings. The molecule has 0 bridgehead atoms. The molecule has 2 aromatic rings. The fourth-order valence-corrected chi connectivity index (χ4v) is 5.58. The van der Waals surface area contributed by atoms with Gasteiger partial charge in [-0.1, -0.05) is 55.5 Å². The average Bonchev–Trinajstić information content (AvgIpc) is 3.24. The fraction of sp³-hybridized carbons (Fsp3) is 0.458. The summed E-state index contributed by atoms with van der Waals surface area (Å²) in [4.78, 5) is 8.66. The maximum Gasteiger partial charge on any atom is 0.106 e. The van der Waals surface area contributed by atoms with Gasteiger partial charge in [0, 0.05) is 34.5 Å². The number of hydrogen-bond acceptors (Lipinski definition) is 4. The van der Waals surface area contributed by atoms with Crippen LogP contribution in [0.1, 0.15) is 45.1 Å². The molecule has 1 atom stereocenters. The largest absolute Gasteiger partial charge is 0.376 e. The minimum absolute atomic E-state index is 0. The normalized spacial score (nSPS) is 16.4. The van der Waals surface area contributed by atoms with Crippen LogP contribution in [-0.2, 0) is 0 Å². The van der Waals surface area contributed by atoms with Gasteiger partial charge in [-0.25, -0.2) is 0 Å². The average molecular weight is 462 g/mol. The first-order valence-corrected chi connectivity index (χ1v) is 12.1. The number of unbranched alkanes of at least 4 members (excludes halogenated alkanes) is 1. The third kappa shape index (κ3) is 5.13. The predicted molar refractivity (Wildman–Crippen MR) is 136 cm³/mol. The molecular weight excluding hydrogens is 430 g/mol. The molecule has 1 unspecified atom stereocenters. The second kappa shape index (κ2) is 10.9. The van der Waals surface area contributed by atoms with Crippen molar-refractivity contribution in [3.8, 4) is 0 Å². The SMILES string of the molecule is CCCCNC(=S)c1ccc2c(c1)N(C(C)CN1CCCC1)c1ccccc1S2.Cl. The lowest BCUT2D eigenvalue weighted by molar-refractivity contribution is 0.319. The molecule has 6 heteroatoms. The number of anilines is 2. The van der Waals surface area contributed by atoms with Crippen molar-refractivity contribution in [1.82, 2.24) is 10.2 Å². The summed E-state index contributed by atoms with van der Waals surface area (Å²) in [6.07, 6.45) is 4.98. The van der Waals surface area contributed by atoms with E-state index in [9.17, 15) is 0 Å². The zero-order valence-corrected chi connectivity index (χ0v) is 20.3. The molecule has 4 rings (SSSR count). The molecule has 0 amide bonds. The van der Waals surface area contributed by atoms with Crippen LogP contribution < -0.4 is 10.2 Å². The minimum Gasteiger partial charge on any atom is -0.376 e. The summed E-state index contributed by atoms with van der Waals surface area (Å²) in [6.45, 7) is 9.07. The highest BCUT2D eigenvalue weighted by molar-refractivity contribution is 7.99. The van der Waals surface area contributed by atoms with E-state index in [4.69, 9.17) is 12.2 Å².